The molecule has 2 aromatic carbocycles. The first kappa shape index (κ1) is 16.8. The molecule has 126 valence electrons. The Bertz CT molecular complexity index is 842. The van der Waals surface area contributed by atoms with Gasteiger partial charge in [0, 0.05) is 0 Å². The molecular weight excluding hydrogens is 312 g/mol. The van der Waals surface area contributed by atoms with E-state index in [9.17, 15) is 9.59 Å². The molecule has 25 heavy (non-hydrogen) atoms. The van der Waals surface area contributed by atoms with Gasteiger partial charge in [-0.15, -0.1) is 0 Å². The fraction of sp³-hybridized carbons (Fsp3) is 0.190. The summed E-state index contributed by atoms with van der Waals surface area (Å²) in [5.74, 6) is -0.272. The second-order valence-corrected chi connectivity index (χ2v) is 6.42. The third-order valence-corrected chi connectivity index (χ3v) is 4.15. The second kappa shape index (κ2) is 6.85. The second-order valence-electron chi connectivity index (χ2n) is 6.42. The Balaban J connectivity index is 1.76. The summed E-state index contributed by atoms with van der Waals surface area (Å²) in [5, 5.41) is 5.00. The van der Waals surface area contributed by atoms with Gasteiger partial charge < -0.3 is 0 Å². The molecule has 0 radical (unpaired) electrons. The first-order chi connectivity index (χ1) is 12.0. The molecule has 1 aliphatic heterocycles. The molecule has 0 aliphatic carbocycles. The number of imide groups is 1. The number of hydrogen-bond donors (Lipinski definition) is 0. The first-order valence-corrected chi connectivity index (χ1v) is 8.27. The van der Waals surface area contributed by atoms with Crippen LogP contribution in [0.2, 0.25) is 0 Å². The lowest BCUT2D eigenvalue weighted by Gasteiger charge is -2.06. The molecule has 0 atom stereocenters. The van der Waals surface area contributed by atoms with Crippen LogP contribution in [0.3, 0.4) is 0 Å². The van der Waals surface area contributed by atoms with Crippen LogP contribution in [-0.2, 0) is 0 Å². The Labute approximate surface area is 147 Å². The average Bonchev–Trinajstić information content (AvgIpc) is 2.85. The molecule has 4 nitrogen and oxygen atoms in total. The normalized spacial score (nSPS) is 14.7. The molecule has 1 aliphatic rings. The van der Waals surface area contributed by atoms with Gasteiger partial charge in [-0.2, -0.15) is 10.1 Å². The number of hydrogen-bond acceptors (Lipinski definition) is 3. The number of carbonyl (C=O) groups excluding carboxylic acids is 2. The molecule has 0 spiro atoms. The maximum Gasteiger partial charge on any atom is 0.282 e. The van der Waals surface area contributed by atoms with E-state index in [0.717, 1.165) is 16.1 Å². The van der Waals surface area contributed by atoms with Gasteiger partial charge in [-0.3, -0.25) is 9.59 Å². The molecule has 0 saturated heterocycles. The highest BCUT2D eigenvalue weighted by Crippen LogP contribution is 2.22. The lowest BCUT2D eigenvalue weighted by Crippen LogP contribution is -2.23. The zero-order valence-electron chi connectivity index (χ0n) is 14.6. The third-order valence-electron chi connectivity index (χ3n) is 4.15. The van der Waals surface area contributed by atoms with Crippen molar-refractivity contribution in [2.45, 2.75) is 26.7 Å². The summed E-state index contributed by atoms with van der Waals surface area (Å²) in [5.41, 5.74) is 3.99. The number of allylic oxidation sites excluding steroid dienone is 1. The smallest absolute Gasteiger partial charge is 0.267 e. The Morgan fingerprint density at radius 2 is 1.52 bits per heavy atom. The number of nitrogens with zero attached hydrogens (tertiary/aromatic N) is 2. The van der Waals surface area contributed by atoms with Crippen molar-refractivity contribution in [3.8, 4) is 0 Å². The van der Waals surface area contributed by atoms with Crippen molar-refractivity contribution in [3.05, 3.63) is 76.4 Å². The van der Waals surface area contributed by atoms with E-state index < -0.39 is 0 Å². The van der Waals surface area contributed by atoms with E-state index >= 15 is 0 Å². The maximum atomic E-state index is 12.3. The van der Waals surface area contributed by atoms with Gasteiger partial charge in [0.15, 0.2) is 0 Å². The summed E-state index contributed by atoms with van der Waals surface area (Å²) in [6, 6.07) is 15.1. The van der Waals surface area contributed by atoms with Crippen LogP contribution in [-0.4, -0.2) is 23.0 Å². The number of hydrazone groups is 1. The van der Waals surface area contributed by atoms with Crippen molar-refractivity contribution in [3.63, 3.8) is 0 Å². The van der Waals surface area contributed by atoms with Crippen LogP contribution in [0, 0.1) is 0 Å². The highest BCUT2D eigenvalue weighted by Gasteiger charge is 2.35. The van der Waals surface area contributed by atoms with Crippen LogP contribution < -0.4 is 0 Å². The standard InChI is InChI=1S/C21H20N2O2/c1-14(2)17-10-8-16(9-11-17)12-15(3)13-22-23-20(24)18-6-4-5-7-19(18)21(23)25/h4-14H,1-3H3/b15-12-,22-13?. The summed E-state index contributed by atoms with van der Waals surface area (Å²) in [4.78, 5) is 24.5. The molecular formula is C21H20N2O2. The third kappa shape index (κ3) is 3.43. The summed E-state index contributed by atoms with van der Waals surface area (Å²) in [7, 11) is 0. The van der Waals surface area contributed by atoms with Crippen molar-refractivity contribution >= 4 is 24.1 Å². The summed E-state index contributed by atoms with van der Waals surface area (Å²) >= 11 is 0. The molecule has 0 saturated carbocycles. The van der Waals surface area contributed by atoms with Crippen molar-refractivity contribution in [2.24, 2.45) is 5.10 Å². The van der Waals surface area contributed by atoms with Crippen molar-refractivity contribution in [1.82, 2.24) is 5.01 Å². The Kier molecular flexibility index (Phi) is 4.61. The average molecular weight is 332 g/mol. The van der Waals surface area contributed by atoms with E-state index in [-0.39, 0.29) is 11.8 Å². The number of fused-ring (bicyclic) bond motifs is 1. The van der Waals surface area contributed by atoms with E-state index in [1.165, 1.54) is 11.8 Å². The molecule has 0 N–H and O–H groups in total. The van der Waals surface area contributed by atoms with Gasteiger partial charge in [-0.25, -0.2) is 0 Å². The SMILES string of the molecule is C/C(C=NN1C(=O)c2ccccc2C1=O)=C/c1ccc(C(C)C)cc1. The molecule has 4 heteroatoms. The molecule has 0 fully saturated rings. The minimum absolute atomic E-state index is 0.383. The van der Waals surface area contributed by atoms with E-state index in [1.807, 2.05) is 13.0 Å². The van der Waals surface area contributed by atoms with Gasteiger partial charge in [0.05, 0.1) is 17.3 Å². The molecule has 2 amide bonds. The highest BCUT2D eigenvalue weighted by atomic mass is 16.2. The summed E-state index contributed by atoms with van der Waals surface area (Å²) < 4.78 is 0. The Morgan fingerprint density at radius 1 is 0.960 bits per heavy atom. The van der Waals surface area contributed by atoms with Crippen LogP contribution in [0.25, 0.3) is 6.08 Å². The van der Waals surface area contributed by atoms with Gasteiger partial charge in [0.2, 0.25) is 0 Å². The monoisotopic (exact) mass is 332 g/mol. The topological polar surface area (TPSA) is 49.7 Å². The molecule has 2 aromatic rings. The van der Waals surface area contributed by atoms with Crippen LogP contribution in [0.5, 0.6) is 0 Å². The van der Waals surface area contributed by atoms with Crippen molar-refractivity contribution in [2.75, 3.05) is 0 Å². The molecule has 0 unspecified atom stereocenters. The zero-order valence-corrected chi connectivity index (χ0v) is 14.6. The number of amides is 2. The number of benzene rings is 2. The van der Waals surface area contributed by atoms with E-state index in [0.29, 0.717) is 17.0 Å². The van der Waals surface area contributed by atoms with Gasteiger partial charge in [-0.1, -0.05) is 56.3 Å². The highest BCUT2D eigenvalue weighted by molar-refractivity contribution is 6.21. The Hall–Kier alpha value is -3.01. The summed E-state index contributed by atoms with van der Waals surface area (Å²) in [6.45, 7) is 6.20. The van der Waals surface area contributed by atoms with Crippen LogP contribution in [0.15, 0.2) is 59.2 Å². The fourth-order valence-electron chi connectivity index (χ4n) is 2.71. The number of rotatable bonds is 4. The van der Waals surface area contributed by atoms with E-state index in [2.05, 4.69) is 43.2 Å². The van der Waals surface area contributed by atoms with Crippen molar-refractivity contribution < 1.29 is 9.59 Å². The van der Waals surface area contributed by atoms with Gasteiger partial charge in [0.1, 0.15) is 0 Å². The minimum Gasteiger partial charge on any atom is -0.267 e. The van der Waals surface area contributed by atoms with Gasteiger partial charge in [-0.05, 0) is 41.7 Å². The number of carbonyl (C=O) groups is 2. The Morgan fingerprint density at radius 3 is 2.04 bits per heavy atom. The predicted molar refractivity (Wildman–Crippen MR) is 99.6 cm³/mol. The summed E-state index contributed by atoms with van der Waals surface area (Å²) in [6.07, 6.45) is 3.50. The van der Waals surface area contributed by atoms with Gasteiger partial charge in [0.25, 0.3) is 11.8 Å². The van der Waals surface area contributed by atoms with Crippen LogP contribution in [0.4, 0.5) is 0 Å². The van der Waals surface area contributed by atoms with Crippen molar-refractivity contribution in [1.29, 1.82) is 0 Å². The van der Waals surface area contributed by atoms with Crippen LogP contribution >= 0.6 is 0 Å². The molecule has 0 aromatic heterocycles. The molecule has 0 bridgehead atoms. The molecule has 1 heterocycles. The lowest BCUT2D eigenvalue weighted by atomic mass is 10.0. The van der Waals surface area contributed by atoms with E-state index in [1.54, 1.807) is 24.3 Å². The predicted octanol–water partition coefficient (Wildman–Crippen LogP) is 4.50. The van der Waals surface area contributed by atoms with Gasteiger partial charge >= 0.3 is 0 Å². The lowest BCUT2D eigenvalue weighted by molar-refractivity contribution is 0.0660. The molecule has 3 rings (SSSR count). The van der Waals surface area contributed by atoms with Crippen LogP contribution in [0.1, 0.15) is 58.5 Å². The zero-order chi connectivity index (χ0) is 18.0. The quantitative estimate of drug-likeness (QED) is 0.611. The first-order valence-electron chi connectivity index (χ1n) is 8.27. The largest absolute Gasteiger partial charge is 0.282 e. The van der Waals surface area contributed by atoms with E-state index in [4.69, 9.17) is 0 Å². The fourth-order valence-corrected chi connectivity index (χ4v) is 2.71. The maximum absolute atomic E-state index is 12.3. The minimum atomic E-state index is -0.383.